The summed E-state index contributed by atoms with van der Waals surface area (Å²) in [7, 11) is 0. The Kier molecular flexibility index (Phi) is 4.87. The van der Waals surface area contributed by atoms with Gasteiger partial charge in [0.1, 0.15) is 0 Å². The van der Waals surface area contributed by atoms with E-state index >= 15 is 0 Å². The summed E-state index contributed by atoms with van der Waals surface area (Å²) < 4.78 is 0.740. The number of pyridine rings is 1. The molecule has 1 aromatic carbocycles. The quantitative estimate of drug-likeness (QED) is 0.903. The fourth-order valence-electron chi connectivity index (χ4n) is 1.90. The van der Waals surface area contributed by atoms with E-state index in [0.29, 0.717) is 5.56 Å². The highest BCUT2D eigenvalue weighted by molar-refractivity contribution is 9.10. The molecule has 0 saturated carbocycles. The van der Waals surface area contributed by atoms with Gasteiger partial charge in [-0.25, -0.2) is 0 Å². The molecule has 4 nitrogen and oxygen atoms in total. The summed E-state index contributed by atoms with van der Waals surface area (Å²) in [6.07, 6.45) is 2.37. The van der Waals surface area contributed by atoms with Gasteiger partial charge in [0.05, 0.1) is 11.7 Å². The van der Waals surface area contributed by atoms with Crippen LogP contribution in [-0.2, 0) is 0 Å². The van der Waals surface area contributed by atoms with E-state index in [0.717, 1.165) is 15.6 Å². The van der Waals surface area contributed by atoms with Gasteiger partial charge in [-0.05, 0) is 40.0 Å². The molecule has 2 aromatic rings. The predicted octanol–water partition coefficient (Wildman–Crippen LogP) is 2.62. The van der Waals surface area contributed by atoms with Gasteiger partial charge >= 0.3 is 0 Å². The average Bonchev–Trinajstić information content (AvgIpc) is 2.45. The molecule has 0 radical (unpaired) electrons. The number of aliphatic hydroxyl groups is 1. The number of amides is 1. The molecular weight excluding hydrogens is 320 g/mol. The smallest absolute Gasteiger partial charge is 0.252 e. The zero-order valence-electron chi connectivity index (χ0n) is 11.0. The zero-order chi connectivity index (χ0) is 14.5. The molecule has 2 N–H and O–H groups in total. The molecule has 1 aromatic heterocycles. The summed E-state index contributed by atoms with van der Waals surface area (Å²) in [5, 5.41) is 12.8. The van der Waals surface area contributed by atoms with Crippen molar-refractivity contribution in [3.8, 4) is 0 Å². The summed E-state index contributed by atoms with van der Waals surface area (Å²) >= 11 is 3.26. The Hall–Kier alpha value is -1.72. The van der Waals surface area contributed by atoms with Crippen LogP contribution in [-0.4, -0.2) is 22.5 Å². The summed E-state index contributed by atoms with van der Waals surface area (Å²) in [5.74, 6) is -0.258. The molecule has 0 saturated heterocycles. The summed E-state index contributed by atoms with van der Waals surface area (Å²) in [4.78, 5) is 15.9. The van der Waals surface area contributed by atoms with E-state index in [-0.39, 0.29) is 12.5 Å². The van der Waals surface area contributed by atoms with Crippen molar-refractivity contribution in [3.05, 3.63) is 63.9 Å². The van der Waals surface area contributed by atoms with Crippen LogP contribution in [0.1, 0.15) is 27.6 Å². The summed E-state index contributed by atoms with van der Waals surface area (Å²) in [6, 6.07) is 9.25. The Balaban J connectivity index is 1.99. The number of carbonyl (C=O) groups excluding carboxylic acids is 1. The third-order valence-corrected chi connectivity index (χ3v) is 3.40. The van der Waals surface area contributed by atoms with Crippen LogP contribution in [0.2, 0.25) is 0 Å². The molecule has 1 unspecified atom stereocenters. The van der Waals surface area contributed by atoms with Gasteiger partial charge in [-0.15, -0.1) is 0 Å². The molecule has 5 heteroatoms. The SMILES string of the molecule is Cc1ccccc1C(O)CNC(=O)c1cncc(Br)c1. The Labute approximate surface area is 126 Å². The second-order valence-electron chi connectivity index (χ2n) is 4.47. The molecule has 1 heterocycles. The number of nitrogens with zero attached hydrogens (tertiary/aromatic N) is 1. The van der Waals surface area contributed by atoms with Gasteiger partial charge in [0.2, 0.25) is 0 Å². The van der Waals surface area contributed by atoms with E-state index in [9.17, 15) is 9.90 Å². The van der Waals surface area contributed by atoms with Crippen molar-refractivity contribution in [2.75, 3.05) is 6.54 Å². The first-order valence-corrected chi connectivity index (χ1v) is 6.99. The Morgan fingerprint density at radius 2 is 2.15 bits per heavy atom. The minimum atomic E-state index is -0.722. The van der Waals surface area contributed by atoms with Gasteiger partial charge in [-0.3, -0.25) is 9.78 Å². The number of benzene rings is 1. The Bertz CT molecular complexity index is 616. The lowest BCUT2D eigenvalue weighted by Gasteiger charge is -2.14. The number of carbonyl (C=O) groups is 1. The second kappa shape index (κ2) is 6.63. The molecule has 20 heavy (non-hydrogen) atoms. The molecule has 0 aliphatic carbocycles. The van der Waals surface area contributed by atoms with Crippen LogP contribution in [0.15, 0.2) is 47.2 Å². The molecule has 1 atom stereocenters. The maximum absolute atomic E-state index is 11.9. The van der Waals surface area contributed by atoms with Crippen molar-refractivity contribution in [2.45, 2.75) is 13.0 Å². The molecule has 0 aliphatic heterocycles. The topological polar surface area (TPSA) is 62.2 Å². The highest BCUT2D eigenvalue weighted by Gasteiger charge is 2.12. The number of rotatable bonds is 4. The Morgan fingerprint density at radius 1 is 1.40 bits per heavy atom. The molecule has 0 fully saturated rings. The van der Waals surface area contributed by atoms with Crippen LogP contribution in [0, 0.1) is 6.92 Å². The van der Waals surface area contributed by atoms with E-state index in [1.807, 2.05) is 31.2 Å². The number of nitrogens with one attached hydrogen (secondary N) is 1. The fraction of sp³-hybridized carbons (Fsp3) is 0.200. The minimum absolute atomic E-state index is 0.163. The third kappa shape index (κ3) is 3.65. The largest absolute Gasteiger partial charge is 0.387 e. The molecular formula is C15H15BrN2O2. The molecule has 2 rings (SSSR count). The lowest BCUT2D eigenvalue weighted by Crippen LogP contribution is -2.28. The lowest BCUT2D eigenvalue weighted by atomic mass is 10.0. The number of halogens is 1. The monoisotopic (exact) mass is 334 g/mol. The number of aliphatic hydroxyl groups excluding tert-OH is 1. The summed E-state index contributed by atoms with van der Waals surface area (Å²) in [5.41, 5.74) is 2.27. The summed E-state index contributed by atoms with van der Waals surface area (Å²) in [6.45, 7) is 2.09. The van der Waals surface area contributed by atoms with Crippen molar-refractivity contribution >= 4 is 21.8 Å². The lowest BCUT2D eigenvalue weighted by molar-refractivity contribution is 0.0915. The highest BCUT2D eigenvalue weighted by Crippen LogP contribution is 2.16. The minimum Gasteiger partial charge on any atom is -0.387 e. The van der Waals surface area contributed by atoms with Gasteiger partial charge in [-0.2, -0.15) is 0 Å². The molecule has 104 valence electrons. The van der Waals surface area contributed by atoms with Crippen LogP contribution < -0.4 is 5.32 Å². The standard InChI is InChI=1S/C15H15BrN2O2/c1-10-4-2-3-5-13(10)14(19)9-18-15(20)11-6-12(16)8-17-7-11/h2-8,14,19H,9H2,1H3,(H,18,20). The number of hydrogen-bond donors (Lipinski definition) is 2. The van der Waals surface area contributed by atoms with E-state index in [1.54, 1.807) is 12.3 Å². The average molecular weight is 335 g/mol. The number of hydrogen-bond acceptors (Lipinski definition) is 3. The molecule has 0 aliphatic rings. The van der Waals surface area contributed by atoms with Crippen LogP contribution >= 0.6 is 15.9 Å². The Morgan fingerprint density at radius 3 is 2.85 bits per heavy atom. The van der Waals surface area contributed by atoms with Gasteiger partial charge in [0, 0.05) is 23.4 Å². The van der Waals surface area contributed by atoms with Crippen molar-refractivity contribution in [3.63, 3.8) is 0 Å². The van der Waals surface area contributed by atoms with Crippen molar-refractivity contribution in [1.29, 1.82) is 0 Å². The third-order valence-electron chi connectivity index (χ3n) is 2.97. The molecule has 0 bridgehead atoms. The van der Waals surface area contributed by atoms with Crippen LogP contribution in [0.3, 0.4) is 0 Å². The van der Waals surface area contributed by atoms with Crippen molar-refractivity contribution < 1.29 is 9.90 Å². The van der Waals surface area contributed by atoms with Gasteiger partial charge < -0.3 is 10.4 Å². The van der Waals surface area contributed by atoms with Gasteiger partial charge in [0.15, 0.2) is 0 Å². The van der Waals surface area contributed by atoms with Gasteiger partial charge in [0.25, 0.3) is 5.91 Å². The predicted molar refractivity (Wildman–Crippen MR) is 80.4 cm³/mol. The van der Waals surface area contributed by atoms with Crippen molar-refractivity contribution in [1.82, 2.24) is 10.3 Å². The normalized spacial score (nSPS) is 11.9. The van der Waals surface area contributed by atoms with Crippen LogP contribution in [0.5, 0.6) is 0 Å². The van der Waals surface area contributed by atoms with E-state index in [4.69, 9.17) is 0 Å². The number of aromatic nitrogens is 1. The first-order chi connectivity index (χ1) is 9.58. The van der Waals surface area contributed by atoms with Crippen LogP contribution in [0.25, 0.3) is 0 Å². The van der Waals surface area contributed by atoms with E-state index < -0.39 is 6.10 Å². The maximum atomic E-state index is 11.9. The van der Waals surface area contributed by atoms with E-state index in [2.05, 4.69) is 26.2 Å². The zero-order valence-corrected chi connectivity index (χ0v) is 12.6. The van der Waals surface area contributed by atoms with Crippen molar-refractivity contribution in [2.24, 2.45) is 0 Å². The van der Waals surface area contributed by atoms with Crippen LogP contribution in [0.4, 0.5) is 0 Å². The van der Waals surface area contributed by atoms with Gasteiger partial charge in [-0.1, -0.05) is 24.3 Å². The molecule has 0 spiro atoms. The highest BCUT2D eigenvalue weighted by atomic mass is 79.9. The van der Waals surface area contributed by atoms with E-state index in [1.165, 1.54) is 6.20 Å². The second-order valence-corrected chi connectivity index (χ2v) is 5.39. The first-order valence-electron chi connectivity index (χ1n) is 6.20. The molecule has 1 amide bonds. The number of aryl methyl sites for hydroxylation is 1. The maximum Gasteiger partial charge on any atom is 0.252 e. The fourth-order valence-corrected chi connectivity index (χ4v) is 2.26. The first kappa shape index (κ1) is 14.7.